The summed E-state index contributed by atoms with van der Waals surface area (Å²) in [7, 11) is 0. The van der Waals surface area contributed by atoms with Gasteiger partial charge in [-0.1, -0.05) is 11.6 Å². The Bertz CT molecular complexity index is 476. The minimum absolute atomic E-state index is 0.0640. The van der Waals surface area contributed by atoms with Crippen LogP contribution in [0.2, 0.25) is 5.02 Å². The number of amides is 1. The van der Waals surface area contributed by atoms with Gasteiger partial charge in [0.05, 0.1) is 16.7 Å². The number of aliphatic hydroxyl groups is 1. The number of carbonyl (C=O) groups excluding carboxylic acids is 1. The largest absolute Gasteiger partial charge is 0.480 e. The predicted molar refractivity (Wildman–Crippen MR) is 64.6 cm³/mol. The number of hydrogen-bond acceptors (Lipinski definition) is 4. The summed E-state index contributed by atoms with van der Waals surface area (Å²) in [5, 5.41) is 20.4. The van der Waals surface area contributed by atoms with Gasteiger partial charge in [-0.3, -0.25) is 9.78 Å². The summed E-state index contributed by atoms with van der Waals surface area (Å²) < 4.78 is 0. The zero-order valence-corrected chi connectivity index (χ0v) is 10.6. The van der Waals surface area contributed by atoms with E-state index in [0.29, 0.717) is 5.69 Å². The van der Waals surface area contributed by atoms with Gasteiger partial charge in [0.1, 0.15) is 0 Å². The molecule has 18 heavy (non-hydrogen) atoms. The summed E-state index contributed by atoms with van der Waals surface area (Å²) in [6, 6.07) is 0.101. The number of aryl methyl sites for hydroxylation is 1. The molecule has 1 amide bonds. The topological polar surface area (TPSA) is 99.5 Å². The second-order valence-corrected chi connectivity index (χ2v) is 4.24. The molecule has 1 heterocycles. The fourth-order valence-corrected chi connectivity index (χ4v) is 1.59. The number of aliphatic carboxylic acids is 1. The summed E-state index contributed by atoms with van der Waals surface area (Å²) in [5.41, 5.74) is 0.705. The van der Waals surface area contributed by atoms with Crippen molar-refractivity contribution < 1.29 is 19.8 Å². The number of rotatable bonds is 4. The summed E-state index contributed by atoms with van der Waals surface area (Å²) in [6.07, 6.45) is 0.0390. The van der Waals surface area contributed by atoms with E-state index in [9.17, 15) is 14.7 Å². The van der Waals surface area contributed by atoms with Crippen LogP contribution in [0.1, 0.15) is 23.0 Å². The number of aromatic nitrogens is 1. The van der Waals surface area contributed by atoms with Crippen molar-refractivity contribution in [2.24, 2.45) is 0 Å². The van der Waals surface area contributed by atoms with Gasteiger partial charge in [0.25, 0.3) is 5.91 Å². The maximum Gasteiger partial charge on any atom is 0.328 e. The Morgan fingerprint density at radius 3 is 2.56 bits per heavy atom. The number of nitrogens with one attached hydrogen (secondary N) is 1. The fourth-order valence-electron chi connectivity index (χ4n) is 1.30. The van der Waals surface area contributed by atoms with Crippen LogP contribution in [0.3, 0.4) is 0 Å². The van der Waals surface area contributed by atoms with Crippen LogP contribution in [0.25, 0.3) is 0 Å². The fraction of sp³-hybridized carbons (Fsp3) is 0.364. The van der Waals surface area contributed by atoms with Crippen LogP contribution in [-0.2, 0) is 4.79 Å². The number of carboxylic acid groups (broad SMARTS) is 1. The summed E-state index contributed by atoms with van der Waals surface area (Å²) in [6.45, 7) is 2.98. The predicted octanol–water partition coefficient (Wildman–Crippen LogP) is 0.607. The SMILES string of the molecule is Cc1cc(Cl)c(C(=O)N[C@H](C(=O)O)[C@@H](C)O)cn1. The van der Waals surface area contributed by atoms with E-state index in [0.717, 1.165) is 0 Å². The first kappa shape index (κ1) is 14.4. The average molecular weight is 273 g/mol. The lowest BCUT2D eigenvalue weighted by molar-refractivity contribution is -0.141. The number of aliphatic hydroxyl groups excluding tert-OH is 1. The van der Waals surface area contributed by atoms with Crippen LogP contribution >= 0.6 is 11.6 Å². The quantitative estimate of drug-likeness (QED) is 0.746. The molecule has 3 N–H and O–H groups in total. The third kappa shape index (κ3) is 3.41. The molecule has 0 bridgehead atoms. The highest BCUT2D eigenvalue weighted by atomic mass is 35.5. The molecule has 0 aromatic carbocycles. The first-order valence-electron chi connectivity index (χ1n) is 5.16. The number of nitrogens with zero attached hydrogens (tertiary/aromatic N) is 1. The Balaban J connectivity index is 2.91. The van der Waals surface area contributed by atoms with Crippen LogP contribution in [0, 0.1) is 6.92 Å². The van der Waals surface area contributed by atoms with E-state index < -0.39 is 24.0 Å². The molecule has 0 saturated carbocycles. The molecule has 0 fully saturated rings. The van der Waals surface area contributed by atoms with Gasteiger partial charge in [-0.2, -0.15) is 0 Å². The molecular weight excluding hydrogens is 260 g/mol. The van der Waals surface area contributed by atoms with Crippen molar-refractivity contribution in [3.8, 4) is 0 Å². The molecule has 0 aliphatic heterocycles. The van der Waals surface area contributed by atoms with Crippen molar-refractivity contribution in [2.75, 3.05) is 0 Å². The van der Waals surface area contributed by atoms with Crippen molar-refractivity contribution in [3.05, 3.63) is 28.5 Å². The summed E-state index contributed by atoms with van der Waals surface area (Å²) in [5.74, 6) is -2.02. The van der Waals surface area contributed by atoms with E-state index in [4.69, 9.17) is 16.7 Å². The number of pyridine rings is 1. The maximum absolute atomic E-state index is 11.8. The Morgan fingerprint density at radius 2 is 2.11 bits per heavy atom. The van der Waals surface area contributed by atoms with E-state index in [1.165, 1.54) is 19.2 Å². The van der Waals surface area contributed by atoms with Crippen molar-refractivity contribution in [1.29, 1.82) is 0 Å². The highest BCUT2D eigenvalue weighted by Gasteiger charge is 2.26. The first-order chi connectivity index (χ1) is 8.32. The Hall–Kier alpha value is -1.66. The smallest absolute Gasteiger partial charge is 0.328 e. The van der Waals surface area contributed by atoms with Gasteiger partial charge in [-0.15, -0.1) is 0 Å². The normalized spacial score (nSPS) is 13.8. The molecule has 1 aromatic rings. The monoisotopic (exact) mass is 272 g/mol. The molecular formula is C11H13ClN2O4. The molecule has 2 atom stereocenters. The van der Waals surface area contributed by atoms with Crippen LogP contribution in [0.4, 0.5) is 0 Å². The lowest BCUT2D eigenvalue weighted by Crippen LogP contribution is -2.47. The van der Waals surface area contributed by atoms with Gasteiger partial charge in [-0.05, 0) is 19.9 Å². The zero-order chi connectivity index (χ0) is 13.9. The molecule has 0 spiro atoms. The molecule has 0 unspecified atom stereocenters. The second kappa shape index (κ2) is 5.79. The van der Waals surface area contributed by atoms with Gasteiger partial charge in [-0.25, -0.2) is 4.79 Å². The molecule has 0 saturated heterocycles. The standard InChI is InChI=1S/C11H13ClN2O4/c1-5-3-8(12)7(4-13-5)10(16)14-9(6(2)15)11(17)18/h3-4,6,9,15H,1-2H3,(H,14,16)(H,17,18)/t6-,9+/m1/s1. The van der Waals surface area contributed by atoms with Crippen LogP contribution in [0.15, 0.2) is 12.3 Å². The second-order valence-electron chi connectivity index (χ2n) is 3.84. The van der Waals surface area contributed by atoms with Crippen molar-refractivity contribution in [2.45, 2.75) is 26.0 Å². The molecule has 0 radical (unpaired) electrons. The van der Waals surface area contributed by atoms with Crippen LogP contribution in [-0.4, -0.2) is 39.2 Å². The lowest BCUT2D eigenvalue weighted by Gasteiger charge is -2.17. The maximum atomic E-state index is 11.8. The van der Waals surface area contributed by atoms with Crippen LogP contribution < -0.4 is 5.32 Å². The molecule has 1 aromatic heterocycles. The van der Waals surface area contributed by atoms with Gasteiger partial charge in [0.2, 0.25) is 0 Å². The third-order valence-corrected chi connectivity index (χ3v) is 2.58. The third-order valence-electron chi connectivity index (χ3n) is 2.27. The molecule has 1 rings (SSSR count). The number of hydrogen-bond donors (Lipinski definition) is 3. The highest BCUT2D eigenvalue weighted by Crippen LogP contribution is 2.15. The minimum Gasteiger partial charge on any atom is -0.480 e. The van der Waals surface area contributed by atoms with Gasteiger partial charge >= 0.3 is 5.97 Å². The van der Waals surface area contributed by atoms with Gasteiger partial charge < -0.3 is 15.5 Å². The van der Waals surface area contributed by atoms with E-state index >= 15 is 0 Å². The minimum atomic E-state index is -1.39. The van der Waals surface area contributed by atoms with Gasteiger partial charge in [0.15, 0.2) is 6.04 Å². The molecule has 7 heteroatoms. The van der Waals surface area contributed by atoms with Crippen molar-refractivity contribution in [1.82, 2.24) is 10.3 Å². The van der Waals surface area contributed by atoms with E-state index in [-0.39, 0.29) is 10.6 Å². The molecule has 0 aliphatic rings. The van der Waals surface area contributed by atoms with Crippen LogP contribution in [0.5, 0.6) is 0 Å². The van der Waals surface area contributed by atoms with E-state index in [1.54, 1.807) is 6.92 Å². The first-order valence-corrected chi connectivity index (χ1v) is 5.54. The summed E-state index contributed by atoms with van der Waals surface area (Å²) >= 11 is 5.86. The number of carboxylic acids is 1. The number of halogens is 1. The lowest BCUT2D eigenvalue weighted by atomic mass is 10.1. The molecule has 98 valence electrons. The van der Waals surface area contributed by atoms with E-state index in [1.807, 2.05) is 0 Å². The van der Waals surface area contributed by atoms with E-state index in [2.05, 4.69) is 10.3 Å². The molecule has 6 nitrogen and oxygen atoms in total. The molecule has 0 aliphatic carbocycles. The Labute approximate surface area is 109 Å². The van der Waals surface area contributed by atoms with Gasteiger partial charge in [0, 0.05) is 11.9 Å². The number of carbonyl (C=O) groups is 2. The Morgan fingerprint density at radius 1 is 1.50 bits per heavy atom. The summed E-state index contributed by atoms with van der Waals surface area (Å²) in [4.78, 5) is 26.5. The highest BCUT2D eigenvalue weighted by molar-refractivity contribution is 6.33. The van der Waals surface area contributed by atoms with Crippen molar-refractivity contribution in [3.63, 3.8) is 0 Å². The zero-order valence-electron chi connectivity index (χ0n) is 9.85. The van der Waals surface area contributed by atoms with Crippen molar-refractivity contribution >= 4 is 23.5 Å². The Kier molecular flexibility index (Phi) is 4.63. The average Bonchev–Trinajstić information content (AvgIpc) is 2.24.